The first-order chi connectivity index (χ1) is 8.79. The van der Waals surface area contributed by atoms with E-state index in [0.29, 0.717) is 32.4 Å². The normalized spacial score (nSPS) is 19.3. The molecule has 19 heavy (non-hydrogen) atoms. The molecule has 1 saturated heterocycles. The van der Waals surface area contributed by atoms with E-state index in [1.54, 1.807) is 0 Å². The van der Waals surface area contributed by atoms with Crippen LogP contribution in [0.5, 0.6) is 0 Å². The quantitative estimate of drug-likeness (QED) is 0.835. The predicted octanol–water partition coefficient (Wildman–Crippen LogP) is 2.92. The number of piperidine rings is 1. The molecule has 1 aliphatic rings. The average Bonchev–Trinajstić information content (AvgIpc) is 2.39. The Morgan fingerprint density at radius 1 is 1.21 bits per heavy atom. The van der Waals surface area contributed by atoms with Crippen molar-refractivity contribution < 1.29 is 14.7 Å². The monoisotopic (exact) mass is 269 g/mol. The topological polar surface area (TPSA) is 57.6 Å². The smallest absolute Gasteiger partial charge is 0.309 e. The van der Waals surface area contributed by atoms with E-state index in [4.69, 9.17) is 0 Å². The third kappa shape index (κ3) is 3.28. The van der Waals surface area contributed by atoms with Crippen molar-refractivity contribution in [2.75, 3.05) is 13.1 Å². The summed E-state index contributed by atoms with van der Waals surface area (Å²) in [6, 6.07) is 0. The standard InChI is InChI=1S/C15H27NO3/c1-5-7-15(13(18)19)8-10-16(11-9-15)12(17)14(3,4)6-2/h5-11H2,1-4H3,(H,18,19). The predicted molar refractivity (Wildman–Crippen MR) is 74.9 cm³/mol. The molecule has 0 aromatic heterocycles. The molecule has 0 saturated carbocycles. The van der Waals surface area contributed by atoms with Crippen LogP contribution in [0.1, 0.15) is 59.8 Å². The third-order valence-electron chi connectivity index (χ3n) is 4.65. The molecule has 110 valence electrons. The van der Waals surface area contributed by atoms with Gasteiger partial charge in [-0.1, -0.05) is 34.1 Å². The zero-order valence-corrected chi connectivity index (χ0v) is 12.7. The Bertz CT molecular complexity index is 341. The van der Waals surface area contributed by atoms with Gasteiger partial charge in [0.05, 0.1) is 5.41 Å². The van der Waals surface area contributed by atoms with Crippen LogP contribution in [0.2, 0.25) is 0 Å². The molecule has 4 nitrogen and oxygen atoms in total. The van der Waals surface area contributed by atoms with Gasteiger partial charge >= 0.3 is 5.97 Å². The second-order valence-electron chi connectivity index (χ2n) is 6.37. The van der Waals surface area contributed by atoms with Crippen molar-refractivity contribution in [2.24, 2.45) is 10.8 Å². The highest BCUT2D eigenvalue weighted by Crippen LogP contribution is 2.37. The Morgan fingerprint density at radius 2 is 1.74 bits per heavy atom. The summed E-state index contributed by atoms with van der Waals surface area (Å²) in [5, 5.41) is 9.45. The number of amides is 1. The van der Waals surface area contributed by atoms with E-state index >= 15 is 0 Å². The molecule has 1 fully saturated rings. The van der Waals surface area contributed by atoms with Crippen LogP contribution in [-0.2, 0) is 9.59 Å². The van der Waals surface area contributed by atoms with Crippen LogP contribution < -0.4 is 0 Å². The van der Waals surface area contributed by atoms with Gasteiger partial charge in [-0.05, 0) is 25.7 Å². The van der Waals surface area contributed by atoms with E-state index in [0.717, 1.165) is 12.8 Å². The largest absolute Gasteiger partial charge is 0.481 e. The minimum Gasteiger partial charge on any atom is -0.481 e. The molecule has 1 N–H and O–H groups in total. The molecule has 4 heteroatoms. The number of hydrogen-bond acceptors (Lipinski definition) is 2. The first kappa shape index (κ1) is 16.0. The summed E-state index contributed by atoms with van der Waals surface area (Å²) in [6.07, 6.45) is 3.56. The molecular formula is C15H27NO3. The van der Waals surface area contributed by atoms with E-state index in [9.17, 15) is 14.7 Å². The highest BCUT2D eigenvalue weighted by atomic mass is 16.4. The van der Waals surface area contributed by atoms with Crippen molar-refractivity contribution in [1.82, 2.24) is 4.90 Å². The van der Waals surface area contributed by atoms with Crippen LogP contribution in [0.25, 0.3) is 0 Å². The molecule has 0 aromatic rings. The second kappa shape index (κ2) is 5.93. The van der Waals surface area contributed by atoms with Gasteiger partial charge in [-0.25, -0.2) is 0 Å². The SMILES string of the molecule is CCCC1(C(=O)O)CCN(C(=O)C(C)(C)CC)CC1. The molecule has 1 aliphatic heterocycles. The molecule has 0 aromatic carbocycles. The summed E-state index contributed by atoms with van der Waals surface area (Å²) in [7, 11) is 0. The van der Waals surface area contributed by atoms with Crippen LogP contribution in [0.15, 0.2) is 0 Å². The van der Waals surface area contributed by atoms with Gasteiger partial charge in [-0.15, -0.1) is 0 Å². The van der Waals surface area contributed by atoms with Crippen molar-refractivity contribution in [2.45, 2.75) is 59.8 Å². The molecule has 0 atom stereocenters. The Kier molecular flexibility index (Phi) is 4.99. The number of likely N-dealkylation sites (tertiary alicyclic amines) is 1. The lowest BCUT2D eigenvalue weighted by Crippen LogP contribution is -2.49. The summed E-state index contributed by atoms with van der Waals surface area (Å²) < 4.78 is 0. The van der Waals surface area contributed by atoms with Crippen LogP contribution >= 0.6 is 0 Å². The number of carboxylic acid groups (broad SMARTS) is 1. The zero-order valence-electron chi connectivity index (χ0n) is 12.7. The lowest BCUT2D eigenvalue weighted by molar-refractivity contribution is -0.156. The van der Waals surface area contributed by atoms with Crippen molar-refractivity contribution in [1.29, 1.82) is 0 Å². The molecule has 1 rings (SSSR count). The summed E-state index contributed by atoms with van der Waals surface area (Å²) >= 11 is 0. The van der Waals surface area contributed by atoms with E-state index in [1.165, 1.54) is 0 Å². The van der Waals surface area contributed by atoms with E-state index in [1.807, 2.05) is 32.6 Å². The third-order valence-corrected chi connectivity index (χ3v) is 4.65. The Labute approximate surface area is 116 Å². The highest BCUT2D eigenvalue weighted by molar-refractivity contribution is 5.82. The number of rotatable bonds is 5. The molecule has 0 spiro atoms. The Balaban J connectivity index is 2.71. The van der Waals surface area contributed by atoms with Gasteiger partial charge in [0.15, 0.2) is 0 Å². The van der Waals surface area contributed by atoms with Crippen LogP contribution in [0, 0.1) is 10.8 Å². The molecular weight excluding hydrogens is 242 g/mol. The van der Waals surface area contributed by atoms with Crippen LogP contribution in [0.3, 0.4) is 0 Å². The number of nitrogens with zero attached hydrogens (tertiary/aromatic N) is 1. The van der Waals surface area contributed by atoms with Crippen molar-refractivity contribution in [3.8, 4) is 0 Å². The van der Waals surface area contributed by atoms with Crippen molar-refractivity contribution in [3.05, 3.63) is 0 Å². The van der Waals surface area contributed by atoms with Gasteiger partial charge in [0, 0.05) is 18.5 Å². The highest BCUT2D eigenvalue weighted by Gasteiger charge is 2.43. The molecule has 0 unspecified atom stereocenters. The summed E-state index contributed by atoms with van der Waals surface area (Å²) in [5.41, 5.74) is -0.949. The van der Waals surface area contributed by atoms with E-state index in [2.05, 4.69) is 0 Å². The molecule has 0 radical (unpaired) electrons. The minimum atomic E-state index is -0.698. The molecule has 0 bridgehead atoms. The Hall–Kier alpha value is -1.06. The fourth-order valence-corrected chi connectivity index (χ4v) is 2.77. The van der Waals surface area contributed by atoms with Gasteiger partial charge in [0.25, 0.3) is 0 Å². The number of carbonyl (C=O) groups is 2. The summed E-state index contributed by atoms with van der Waals surface area (Å²) in [5.74, 6) is -0.540. The minimum absolute atomic E-state index is 0.158. The number of carboxylic acids is 1. The second-order valence-corrected chi connectivity index (χ2v) is 6.37. The van der Waals surface area contributed by atoms with Gasteiger partial charge in [-0.3, -0.25) is 9.59 Å². The van der Waals surface area contributed by atoms with Crippen molar-refractivity contribution >= 4 is 11.9 Å². The van der Waals surface area contributed by atoms with Crippen molar-refractivity contribution in [3.63, 3.8) is 0 Å². The number of hydrogen-bond donors (Lipinski definition) is 1. The maximum absolute atomic E-state index is 12.4. The first-order valence-corrected chi connectivity index (χ1v) is 7.32. The lowest BCUT2D eigenvalue weighted by atomic mass is 9.74. The van der Waals surface area contributed by atoms with Gasteiger partial charge in [0.1, 0.15) is 0 Å². The maximum atomic E-state index is 12.4. The average molecular weight is 269 g/mol. The van der Waals surface area contributed by atoms with Gasteiger partial charge < -0.3 is 10.0 Å². The first-order valence-electron chi connectivity index (χ1n) is 7.32. The van der Waals surface area contributed by atoms with E-state index < -0.39 is 11.4 Å². The lowest BCUT2D eigenvalue weighted by Gasteiger charge is -2.41. The number of aliphatic carboxylic acids is 1. The fourth-order valence-electron chi connectivity index (χ4n) is 2.77. The number of carbonyl (C=O) groups excluding carboxylic acids is 1. The van der Waals surface area contributed by atoms with Gasteiger partial charge in [-0.2, -0.15) is 0 Å². The Morgan fingerprint density at radius 3 is 2.11 bits per heavy atom. The maximum Gasteiger partial charge on any atom is 0.309 e. The summed E-state index contributed by atoms with van der Waals surface area (Å²) in [4.78, 5) is 25.7. The van der Waals surface area contributed by atoms with Gasteiger partial charge in [0.2, 0.25) is 5.91 Å². The van der Waals surface area contributed by atoms with E-state index in [-0.39, 0.29) is 11.3 Å². The zero-order chi connectivity index (χ0) is 14.7. The fraction of sp³-hybridized carbons (Fsp3) is 0.867. The molecule has 0 aliphatic carbocycles. The van der Waals surface area contributed by atoms with Crippen LogP contribution in [0.4, 0.5) is 0 Å². The summed E-state index contributed by atoms with van der Waals surface area (Å²) in [6.45, 7) is 9.10. The molecule has 1 amide bonds. The molecule has 1 heterocycles. The van der Waals surface area contributed by atoms with Crippen LogP contribution in [-0.4, -0.2) is 35.0 Å².